The lowest BCUT2D eigenvalue weighted by Gasteiger charge is -2.26. The van der Waals surface area contributed by atoms with Crippen LogP contribution in [0.2, 0.25) is 0 Å². The van der Waals surface area contributed by atoms with E-state index in [-0.39, 0.29) is 0 Å². The molecule has 0 N–H and O–H groups in total. The Morgan fingerprint density at radius 2 is 0.700 bits per heavy atom. The van der Waals surface area contributed by atoms with Gasteiger partial charge in [0.25, 0.3) is 0 Å². The molecule has 10 aromatic carbocycles. The highest BCUT2D eigenvalue weighted by atomic mass is 16.3. The van der Waals surface area contributed by atoms with Crippen molar-refractivity contribution in [1.29, 1.82) is 0 Å². The van der Waals surface area contributed by atoms with E-state index in [2.05, 4.69) is 229 Å². The second kappa shape index (κ2) is 15.1. The van der Waals surface area contributed by atoms with Gasteiger partial charge in [0.2, 0.25) is 0 Å². The zero-order valence-corrected chi connectivity index (χ0v) is 32.9. The number of hydrogen-bond donors (Lipinski definition) is 0. The van der Waals surface area contributed by atoms with Gasteiger partial charge in [-0.2, -0.15) is 0 Å². The summed E-state index contributed by atoms with van der Waals surface area (Å²) in [6.07, 6.45) is 0. The highest BCUT2D eigenvalue weighted by Gasteiger charge is 2.16. The average Bonchev–Trinajstić information content (AvgIpc) is 3.70. The Hall–Kier alpha value is -7.94. The Kier molecular flexibility index (Phi) is 8.87. The number of para-hydroxylation sites is 1. The molecule has 0 saturated carbocycles. The number of anilines is 3. The van der Waals surface area contributed by atoms with Gasteiger partial charge in [-0.05, 0) is 145 Å². The maximum absolute atomic E-state index is 6.14. The quantitative estimate of drug-likeness (QED) is 0.153. The molecule has 0 bridgehead atoms. The normalized spacial score (nSPS) is 11.3. The predicted molar refractivity (Wildman–Crippen MR) is 253 cm³/mol. The van der Waals surface area contributed by atoms with Gasteiger partial charge in [-0.15, -0.1) is 0 Å². The lowest BCUT2D eigenvalue weighted by molar-refractivity contribution is 0.669. The second-order valence-corrected chi connectivity index (χ2v) is 15.4. The molecule has 0 amide bonds. The molecule has 2 nitrogen and oxygen atoms in total. The minimum absolute atomic E-state index is 0.903. The van der Waals surface area contributed by atoms with E-state index < -0.39 is 0 Å². The van der Waals surface area contributed by atoms with Crippen LogP contribution in [0.3, 0.4) is 0 Å². The number of fused-ring (bicyclic) bond motifs is 4. The first-order chi connectivity index (χ1) is 29.7. The summed E-state index contributed by atoms with van der Waals surface area (Å²) in [7, 11) is 0. The van der Waals surface area contributed by atoms with Crippen LogP contribution in [0.1, 0.15) is 0 Å². The SMILES string of the molecule is c1ccc(-c2cc(-c3ccccc3)cc(-c3ccc(N(c4ccc(-c5ccc6oc7ccccc7c6c5)cc4)c4cccc(-c5ccc6ccccc6c5)c4)cc3)c2)cc1. The Morgan fingerprint density at radius 1 is 0.233 bits per heavy atom. The van der Waals surface area contributed by atoms with Crippen molar-refractivity contribution in [2.75, 3.05) is 4.90 Å². The van der Waals surface area contributed by atoms with E-state index in [4.69, 9.17) is 4.42 Å². The van der Waals surface area contributed by atoms with Crippen molar-refractivity contribution in [3.05, 3.63) is 237 Å². The number of furan rings is 1. The van der Waals surface area contributed by atoms with E-state index >= 15 is 0 Å². The van der Waals surface area contributed by atoms with Gasteiger partial charge < -0.3 is 9.32 Å². The minimum Gasteiger partial charge on any atom is -0.456 e. The molecule has 0 unspecified atom stereocenters. The van der Waals surface area contributed by atoms with E-state index in [0.717, 1.165) is 55.7 Å². The van der Waals surface area contributed by atoms with Crippen LogP contribution in [-0.2, 0) is 0 Å². The third-order valence-corrected chi connectivity index (χ3v) is 11.6. The van der Waals surface area contributed by atoms with Crippen molar-refractivity contribution in [1.82, 2.24) is 0 Å². The highest BCUT2D eigenvalue weighted by molar-refractivity contribution is 6.06. The Balaban J connectivity index is 0.999. The van der Waals surface area contributed by atoms with Gasteiger partial charge >= 0.3 is 0 Å². The van der Waals surface area contributed by atoms with Crippen molar-refractivity contribution in [2.45, 2.75) is 0 Å². The molecule has 0 radical (unpaired) electrons. The Morgan fingerprint density at radius 3 is 1.37 bits per heavy atom. The highest BCUT2D eigenvalue weighted by Crippen LogP contribution is 2.40. The summed E-state index contributed by atoms with van der Waals surface area (Å²) in [6.45, 7) is 0. The van der Waals surface area contributed by atoms with Crippen LogP contribution < -0.4 is 4.90 Å². The van der Waals surface area contributed by atoms with Crippen LogP contribution in [0.5, 0.6) is 0 Å². The van der Waals surface area contributed by atoms with Crippen LogP contribution >= 0.6 is 0 Å². The molecule has 11 rings (SSSR count). The Labute approximate surface area is 349 Å². The molecule has 1 heterocycles. The number of benzene rings is 10. The summed E-state index contributed by atoms with van der Waals surface area (Å²) < 4.78 is 6.14. The predicted octanol–water partition coefficient (Wildman–Crippen LogP) is 16.5. The Bertz CT molecular complexity index is 3230. The summed E-state index contributed by atoms with van der Waals surface area (Å²) in [5.74, 6) is 0. The van der Waals surface area contributed by atoms with Crippen LogP contribution in [0.25, 0.3) is 88.3 Å². The lowest BCUT2D eigenvalue weighted by atomic mass is 9.93. The molecular formula is C58H39NO. The monoisotopic (exact) mass is 765 g/mol. The molecule has 2 heteroatoms. The maximum atomic E-state index is 6.14. The van der Waals surface area contributed by atoms with Gasteiger partial charge in [0.1, 0.15) is 11.2 Å². The molecule has 0 aliphatic rings. The van der Waals surface area contributed by atoms with Crippen LogP contribution in [0, 0.1) is 0 Å². The number of nitrogens with zero attached hydrogens (tertiary/aromatic N) is 1. The molecule has 1 aromatic heterocycles. The minimum atomic E-state index is 0.903. The van der Waals surface area contributed by atoms with Crippen LogP contribution in [-0.4, -0.2) is 0 Å². The second-order valence-electron chi connectivity index (χ2n) is 15.4. The lowest BCUT2D eigenvalue weighted by Crippen LogP contribution is -2.10. The number of rotatable bonds is 8. The average molecular weight is 766 g/mol. The summed E-state index contributed by atoms with van der Waals surface area (Å²) in [5, 5.41) is 4.74. The summed E-state index contributed by atoms with van der Waals surface area (Å²) in [5.41, 5.74) is 16.9. The largest absolute Gasteiger partial charge is 0.456 e. The summed E-state index contributed by atoms with van der Waals surface area (Å²) >= 11 is 0. The van der Waals surface area contributed by atoms with E-state index in [1.54, 1.807) is 0 Å². The standard InChI is InChI=1S/C58H39NO/c1-3-12-40(13-4-1)49-35-50(41-14-5-2-6-15-41)37-51(36-49)44-26-31-53(32-27-44)59(54-19-11-18-46(38-54)47-23-22-42-16-7-8-17-45(42)34-47)52-29-24-43(25-30-52)48-28-33-58-56(39-48)55-20-9-10-21-57(55)60-58/h1-39H. The van der Waals surface area contributed by atoms with Crippen molar-refractivity contribution in [2.24, 2.45) is 0 Å². The molecule has 0 aliphatic heterocycles. The van der Waals surface area contributed by atoms with Gasteiger partial charge in [0.05, 0.1) is 0 Å². The fraction of sp³-hybridized carbons (Fsp3) is 0. The van der Waals surface area contributed by atoms with Crippen molar-refractivity contribution in [3.8, 4) is 55.6 Å². The topological polar surface area (TPSA) is 16.4 Å². The summed E-state index contributed by atoms with van der Waals surface area (Å²) in [4.78, 5) is 2.36. The molecule has 0 fully saturated rings. The zero-order valence-electron chi connectivity index (χ0n) is 32.9. The van der Waals surface area contributed by atoms with Crippen molar-refractivity contribution in [3.63, 3.8) is 0 Å². The molecule has 11 aromatic rings. The van der Waals surface area contributed by atoms with Gasteiger partial charge in [-0.1, -0.05) is 158 Å². The third kappa shape index (κ3) is 6.70. The fourth-order valence-electron chi connectivity index (χ4n) is 8.54. The van der Waals surface area contributed by atoms with Crippen LogP contribution in [0.15, 0.2) is 241 Å². The molecule has 0 aliphatic carbocycles. The van der Waals surface area contributed by atoms with Gasteiger partial charge in [-0.3, -0.25) is 0 Å². The van der Waals surface area contributed by atoms with E-state index in [1.807, 2.05) is 12.1 Å². The molecule has 0 atom stereocenters. The summed E-state index contributed by atoms with van der Waals surface area (Å²) in [6, 6.07) is 85.1. The third-order valence-electron chi connectivity index (χ3n) is 11.6. The van der Waals surface area contributed by atoms with Gasteiger partial charge in [0.15, 0.2) is 0 Å². The zero-order chi connectivity index (χ0) is 39.8. The maximum Gasteiger partial charge on any atom is 0.135 e. The van der Waals surface area contributed by atoms with Crippen LogP contribution in [0.4, 0.5) is 17.1 Å². The number of hydrogen-bond acceptors (Lipinski definition) is 2. The fourth-order valence-corrected chi connectivity index (χ4v) is 8.54. The first-order valence-corrected chi connectivity index (χ1v) is 20.5. The molecule has 0 saturated heterocycles. The van der Waals surface area contributed by atoms with E-state index in [0.29, 0.717) is 0 Å². The molecule has 60 heavy (non-hydrogen) atoms. The van der Waals surface area contributed by atoms with Crippen molar-refractivity contribution >= 4 is 49.8 Å². The van der Waals surface area contributed by atoms with E-state index in [9.17, 15) is 0 Å². The molecular weight excluding hydrogens is 727 g/mol. The molecule has 282 valence electrons. The van der Waals surface area contributed by atoms with E-state index in [1.165, 1.54) is 49.7 Å². The molecule has 0 spiro atoms. The van der Waals surface area contributed by atoms with Crippen molar-refractivity contribution < 1.29 is 4.42 Å². The van der Waals surface area contributed by atoms with Gasteiger partial charge in [-0.25, -0.2) is 0 Å². The van der Waals surface area contributed by atoms with Gasteiger partial charge in [0, 0.05) is 27.8 Å². The smallest absolute Gasteiger partial charge is 0.135 e. The first-order valence-electron chi connectivity index (χ1n) is 20.5. The first kappa shape index (κ1) is 35.2.